The van der Waals surface area contributed by atoms with Gasteiger partial charge in [-0.15, -0.1) is 0 Å². The van der Waals surface area contributed by atoms with Crippen molar-refractivity contribution in [1.82, 2.24) is 4.90 Å². The monoisotopic (exact) mass is 324 g/mol. The van der Waals surface area contributed by atoms with Gasteiger partial charge >= 0.3 is 6.18 Å². The second-order valence-corrected chi connectivity index (χ2v) is 4.67. The molecule has 116 valence electrons. The number of amides is 1. The highest BCUT2D eigenvalue weighted by Crippen LogP contribution is 2.25. The van der Waals surface area contributed by atoms with Gasteiger partial charge in [-0.1, -0.05) is 18.5 Å². The third kappa shape index (κ3) is 4.89. The van der Waals surface area contributed by atoms with Crippen molar-refractivity contribution < 1.29 is 22.9 Å². The molecule has 1 amide bonds. The molecule has 0 aromatic heterocycles. The number of rotatable bonds is 5. The molecule has 0 atom stereocenters. The van der Waals surface area contributed by atoms with Crippen LogP contribution in [0, 0.1) is 10.1 Å². The van der Waals surface area contributed by atoms with Crippen LogP contribution < -0.4 is 0 Å². The van der Waals surface area contributed by atoms with E-state index in [4.69, 9.17) is 11.6 Å². The molecule has 0 aliphatic carbocycles. The van der Waals surface area contributed by atoms with Gasteiger partial charge in [0.05, 0.1) is 15.5 Å². The number of hydrogen-bond donors (Lipinski definition) is 0. The molecule has 0 unspecified atom stereocenters. The number of alkyl halides is 3. The summed E-state index contributed by atoms with van der Waals surface area (Å²) in [6, 6.07) is 3.02. The third-order valence-electron chi connectivity index (χ3n) is 2.54. The second-order valence-electron chi connectivity index (χ2n) is 4.26. The summed E-state index contributed by atoms with van der Waals surface area (Å²) in [6.07, 6.45) is -4.19. The van der Waals surface area contributed by atoms with Gasteiger partial charge in [-0.2, -0.15) is 13.2 Å². The molecule has 0 N–H and O–H groups in total. The van der Waals surface area contributed by atoms with Crippen LogP contribution in [-0.4, -0.2) is 35.0 Å². The fraction of sp³-hybridized carbons (Fsp3) is 0.417. The highest BCUT2D eigenvalue weighted by atomic mass is 35.5. The molecule has 1 aromatic rings. The Morgan fingerprint density at radius 2 is 2.05 bits per heavy atom. The molecule has 5 nitrogen and oxygen atoms in total. The normalized spacial score (nSPS) is 11.3. The number of nitro groups is 1. The zero-order valence-electron chi connectivity index (χ0n) is 11.0. The number of hydrogen-bond acceptors (Lipinski definition) is 3. The molecule has 9 heteroatoms. The Morgan fingerprint density at radius 3 is 2.48 bits per heavy atom. The van der Waals surface area contributed by atoms with Gasteiger partial charge in [0.1, 0.15) is 6.54 Å². The fourth-order valence-electron chi connectivity index (χ4n) is 1.70. The number of non-ortho nitro benzene ring substituents is 1. The minimum absolute atomic E-state index is 0.0916. The maximum Gasteiger partial charge on any atom is 0.406 e. The Balaban J connectivity index is 3.06. The van der Waals surface area contributed by atoms with Crippen LogP contribution in [0.2, 0.25) is 5.02 Å². The van der Waals surface area contributed by atoms with E-state index in [2.05, 4.69) is 0 Å². The molecule has 1 aromatic carbocycles. The van der Waals surface area contributed by atoms with Crippen LogP contribution in [0.15, 0.2) is 18.2 Å². The number of carbonyl (C=O) groups is 1. The van der Waals surface area contributed by atoms with E-state index < -0.39 is 23.6 Å². The lowest BCUT2D eigenvalue weighted by Crippen LogP contribution is -2.39. The Labute approximate surface area is 123 Å². The SMILES string of the molecule is CCCN(CC(F)(F)F)C(=O)c1ccc([N+](=O)[O-])cc1Cl. The van der Waals surface area contributed by atoms with Crippen LogP contribution in [0.25, 0.3) is 0 Å². The van der Waals surface area contributed by atoms with Crippen LogP contribution in [0.3, 0.4) is 0 Å². The smallest absolute Gasteiger partial charge is 0.330 e. The first-order valence-corrected chi connectivity index (χ1v) is 6.33. The van der Waals surface area contributed by atoms with Crippen LogP contribution in [0.1, 0.15) is 23.7 Å². The maximum atomic E-state index is 12.5. The summed E-state index contributed by atoms with van der Waals surface area (Å²) >= 11 is 5.75. The lowest BCUT2D eigenvalue weighted by atomic mass is 10.1. The average molecular weight is 325 g/mol. The van der Waals surface area contributed by atoms with Crippen molar-refractivity contribution in [2.24, 2.45) is 0 Å². The summed E-state index contributed by atoms with van der Waals surface area (Å²) in [5.41, 5.74) is -0.533. The fourth-order valence-corrected chi connectivity index (χ4v) is 1.96. The van der Waals surface area contributed by atoms with Crippen molar-refractivity contribution in [2.45, 2.75) is 19.5 Å². The van der Waals surface area contributed by atoms with Crippen molar-refractivity contribution in [3.8, 4) is 0 Å². The van der Waals surface area contributed by atoms with Gasteiger partial charge in [0.25, 0.3) is 11.6 Å². The molecule has 0 radical (unpaired) electrons. The molecule has 0 heterocycles. The highest BCUT2D eigenvalue weighted by molar-refractivity contribution is 6.34. The van der Waals surface area contributed by atoms with E-state index in [0.29, 0.717) is 11.3 Å². The van der Waals surface area contributed by atoms with E-state index in [-0.39, 0.29) is 22.8 Å². The number of nitrogens with zero attached hydrogens (tertiary/aromatic N) is 2. The summed E-state index contributed by atoms with van der Waals surface area (Å²) in [4.78, 5) is 22.6. The molecule has 21 heavy (non-hydrogen) atoms. The number of nitro benzene ring substituents is 1. The molecule has 0 aliphatic rings. The summed E-state index contributed by atoms with van der Waals surface area (Å²) in [6.45, 7) is 0.146. The van der Waals surface area contributed by atoms with Crippen molar-refractivity contribution in [1.29, 1.82) is 0 Å². The van der Waals surface area contributed by atoms with Gasteiger partial charge in [-0.05, 0) is 12.5 Å². The first-order chi connectivity index (χ1) is 9.65. The Kier molecular flexibility index (Phi) is 5.54. The van der Waals surface area contributed by atoms with Gasteiger partial charge in [-0.25, -0.2) is 0 Å². The van der Waals surface area contributed by atoms with E-state index in [1.54, 1.807) is 6.92 Å². The summed E-state index contributed by atoms with van der Waals surface area (Å²) < 4.78 is 37.4. The third-order valence-corrected chi connectivity index (χ3v) is 2.86. The summed E-state index contributed by atoms with van der Waals surface area (Å²) in [7, 11) is 0. The number of benzene rings is 1. The highest BCUT2D eigenvalue weighted by Gasteiger charge is 2.33. The van der Waals surface area contributed by atoms with Crippen LogP contribution in [0.5, 0.6) is 0 Å². The minimum Gasteiger partial charge on any atom is -0.330 e. The van der Waals surface area contributed by atoms with Crippen LogP contribution in [0.4, 0.5) is 18.9 Å². The van der Waals surface area contributed by atoms with Crippen molar-refractivity contribution in [2.75, 3.05) is 13.1 Å². The van der Waals surface area contributed by atoms with E-state index in [1.165, 1.54) is 0 Å². The zero-order valence-corrected chi connectivity index (χ0v) is 11.7. The quantitative estimate of drug-likeness (QED) is 0.613. The average Bonchev–Trinajstić information content (AvgIpc) is 2.35. The van der Waals surface area contributed by atoms with Crippen molar-refractivity contribution in [3.05, 3.63) is 38.9 Å². The molecule has 0 fully saturated rings. The molecule has 0 saturated carbocycles. The maximum absolute atomic E-state index is 12.5. The topological polar surface area (TPSA) is 63.5 Å². The van der Waals surface area contributed by atoms with Crippen molar-refractivity contribution >= 4 is 23.2 Å². The largest absolute Gasteiger partial charge is 0.406 e. The van der Waals surface area contributed by atoms with Gasteiger partial charge in [0, 0.05) is 18.7 Å². The van der Waals surface area contributed by atoms with E-state index in [9.17, 15) is 28.1 Å². The first kappa shape index (κ1) is 17.2. The molecule has 0 bridgehead atoms. The standard InChI is InChI=1S/C12H12ClF3N2O3/c1-2-5-17(7-12(14,15)16)11(19)9-4-3-8(18(20)21)6-10(9)13/h3-4,6H,2,5,7H2,1H3. The van der Waals surface area contributed by atoms with E-state index >= 15 is 0 Å². The molecule has 0 saturated heterocycles. The Hall–Kier alpha value is -1.83. The summed E-state index contributed by atoms with van der Waals surface area (Å²) in [5, 5.41) is 10.3. The van der Waals surface area contributed by atoms with Crippen LogP contribution >= 0.6 is 11.6 Å². The predicted molar refractivity (Wildman–Crippen MR) is 70.4 cm³/mol. The molecule has 1 rings (SSSR count). The van der Waals surface area contributed by atoms with E-state index in [0.717, 1.165) is 18.2 Å². The lowest BCUT2D eigenvalue weighted by Gasteiger charge is -2.23. The molecular formula is C12H12ClF3N2O3. The minimum atomic E-state index is -4.53. The van der Waals surface area contributed by atoms with Gasteiger partial charge < -0.3 is 4.90 Å². The van der Waals surface area contributed by atoms with Crippen LogP contribution in [-0.2, 0) is 0 Å². The number of halogens is 4. The van der Waals surface area contributed by atoms with Crippen molar-refractivity contribution in [3.63, 3.8) is 0 Å². The molecule has 0 spiro atoms. The number of carbonyl (C=O) groups excluding carboxylic acids is 1. The van der Waals surface area contributed by atoms with Gasteiger partial charge in [-0.3, -0.25) is 14.9 Å². The Bertz CT molecular complexity index is 549. The first-order valence-electron chi connectivity index (χ1n) is 5.95. The van der Waals surface area contributed by atoms with Gasteiger partial charge in [0.2, 0.25) is 0 Å². The summed E-state index contributed by atoms with van der Waals surface area (Å²) in [5.74, 6) is -0.908. The molecule has 0 aliphatic heterocycles. The predicted octanol–water partition coefficient (Wildman–Crippen LogP) is 3.66. The zero-order chi connectivity index (χ0) is 16.2. The Morgan fingerprint density at radius 1 is 1.43 bits per heavy atom. The molecular weight excluding hydrogens is 313 g/mol. The van der Waals surface area contributed by atoms with E-state index in [1.807, 2.05) is 0 Å². The lowest BCUT2D eigenvalue weighted by molar-refractivity contribution is -0.384. The second kappa shape index (κ2) is 6.75. The van der Waals surface area contributed by atoms with Gasteiger partial charge in [0.15, 0.2) is 0 Å².